The van der Waals surface area contributed by atoms with Crippen LogP contribution in [-0.4, -0.2) is 54.8 Å². The fourth-order valence-corrected chi connectivity index (χ4v) is 1.66. The van der Waals surface area contributed by atoms with E-state index < -0.39 is 0 Å². The van der Waals surface area contributed by atoms with E-state index in [0.717, 1.165) is 13.1 Å². The second-order valence-corrected chi connectivity index (χ2v) is 3.90. The van der Waals surface area contributed by atoms with Crippen molar-refractivity contribution < 1.29 is 19.7 Å². The highest BCUT2D eigenvalue weighted by Gasteiger charge is 2.10. The highest BCUT2D eigenvalue weighted by atomic mass is 16.5. The van der Waals surface area contributed by atoms with Gasteiger partial charge in [0.05, 0.1) is 39.6 Å². The molecule has 0 atom stereocenters. The van der Waals surface area contributed by atoms with E-state index in [2.05, 4.69) is 5.10 Å². The number of aromatic hydroxyl groups is 2. The Kier molecular flexibility index (Phi) is 3.88. The molecular formula is C12H16N2O4. The van der Waals surface area contributed by atoms with E-state index in [1.165, 1.54) is 13.2 Å². The van der Waals surface area contributed by atoms with Crippen molar-refractivity contribution in [3.63, 3.8) is 0 Å². The first-order valence-corrected chi connectivity index (χ1v) is 5.67. The second kappa shape index (κ2) is 5.59. The summed E-state index contributed by atoms with van der Waals surface area (Å²) in [4.78, 5) is 0. The van der Waals surface area contributed by atoms with Gasteiger partial charge < -0.3 is 19.7 Å². The summed E-state index contributed by atoms with van der Waals surface area (Å²) in [7, 11) is 1.43. The zero-order valence-electron chi connectivity index (χ0n) is 10.2. The number of ether oxygens (including phenoxy) is 2. The van der Waals surface area contributed by atoms with Crippen molar-refractivity contribution in [2.24, 2.45) is 5.10 Å². The van der Waals surface area contributed by atoms with Gasteiger partial charge in [0, 0.05) is 5.56 Å². The Hall–Kier alpha value is -1.95. The number of hydrogen-bond acceptors (Lipinski definition) is 6. The van der Waals surface area contributed by atoms with Gasteiger partial charge in [0.2, 0.25) is 5.75 Å². The molecule has 0 aromatic heterocycles. The van der Waals surface area contributed by atoms with Crippen molar-refractivity contribution in [1.82, 2.24) is 5.01 Å². The number of nitrogens with zero attached hydrogens (tertiary/aromatic N) is 2. The van der Waals surface area contributed by atoms with Gasteiger partial charge in [0.25, 0.3) is 0 Å². The molecule has 0 unspecified atom stereocenters. The summed E-state index contributed by atoms with van der Waals surface area (Å²) in [5, 5.41) is 25.2. The Morgan fingerprint density at radius 2 is 2.06 bits per heavy atom. The van der Waals surface area contributed by atoms with Gasteiger partial charge >= 0.3 is 0 Å². The van der Waals surface area contributed by atoms with E-state index in [-0.39, 0.29) is 17.2 Å². The van der Waals surface area contributed by atoms with Crippen molar-refractivity contribution in [3.8, 4) is 17.2 Å². The predicted molar refractivity (Wildman–Crippen MR) is 66.3 cm³/mol. The molecule has 98 valence electrons. The SMILES string of the molecule is COc1cc(/C=N/N2CCOCC2)cc(O)c1O. The zero-order chi connectivity index (χ0) is 13.0. The molecular weight excluding hydrogens is 236 g/mol. The minimum atomic E-state index is -0.263. The normalized spacial score (nSPS) is 16.2. The lowest BCUT2D eigenvalue weighted by atomic mass is 10.2. The average molecular weight is 252 g/mol. The summed E-state index contributed by atoms with van der Waals surface area (Å²) in [5.74, 6) is -0.266. The quantitative estimate of drug-likeness (QED) is 0.614. The molecule has 0 aliphatic carbocycles. The minimum Gasteiger partial charge on any atom is -0.504 e. The molecule has 1 saturated heterocycles. The van der Waals surface area contributed by atoms with Crippen LogP contribution in [0.5, 0.6) is 17.2 Å². The summed E-state index contributed by atoms with van der Waals surface area (Å²) in [6.07, 6.45) is 1.62. The first-order valence-electron chi connectivity index (χ1n) is 5.67. The van der Waals surface area contributed by atoms with Gasteiger partial charge in [-0.15, -0.1) is 0 Å². The largest absolute Gasteiger partial charge is 0.504 e. The third kappa shape index (κ3) is 2.84. The molecule has 1 aliphatic rings. The van der Waals surface area contributed by atoms with Crippen LogP contribution in [0.15, 0.2) is 17.2 Å². The van der Waals surface area contributed by atoms with Crippen molar-refractivity contribution >= 4 is 6.21 Å². The van der Waals surface area contributed by atoms with Gasteiger partial charge in [0.1, 0.15) is 0 Å². The number of methoxy groups -OCH3 is 1. The molecule has 2 N–H and O–H groups in total. The average Bonchev–Trinajstić information content (AvgIpc) is 2.41. The van der Waals surface area contributed by atoms with Crippen LogP contribution < -0.4 is 4.74 Å². The maximum absolute atomic E-state index is 9.52. The monoisotopic (exact) mass is 252 g/mol. The summed E-state index contributed by atoms with van der Waals surface area (Å²) in [6, 6.07) is 3.04. The maximum atomic E-state index is 9.52. The summed E-state index contributed by atoms with van der Waals surface area (Å²) < 4.78 is 10.2. The molecule has 6 nitrogen and oxygen atoms in total. The van der Waals surface area contributed by atoms with Gasteiger partial charge in [-0.3, -0.25) is 5.01 Å². The summed E-state index contributed by atoms with van der Waals surface area (Å²) in [6.45, 7) is 2.83. The lowest BCUT2D eigenvalue weighted by Gasteiger charge is -2.23. The highest BCUT2D eigenvalue weighted by molar-refractivity contribution is 5.82. The molecule has 0 radical (unpaired) electrons. The molecule has 0 amide bonds. The maximum Gasteiger partial charge on any atom is 0.200 e. The molecule has 0 spiro atoms. The molecule has 1 aromatic carbocycles. The van der Waals surface area contributed by atoms with Crippen LogP contribution in [0, 0.1) is 0 Å². The molecule has 0 saturated carbocycles. The number of phenolic OH excluding ortho intramolecular Hbond substituents is 2. The lowest BCUT2D eigenvalue weighted by Crippen LogP contribution is -2.32. The number of hydrazone groups is 1. The van der Waals surface area contributed by atoms with Gasteiger partial charge in [0.15, 0.2) is 11.5 Å². The van der Waals surface area contributed by atoms with Crippen LogP contribution in [0.25, 0.3) is 0 Å². The van der Waals surface area contributed by atoms with Crippen molar-refractivity contribution in [1.29, 1.82) is 0 Å². The fraction of sp³-hybridized carbons (Fsp3) is 0.417. The number of phenols is 2. The molecule has 1 aromatic rings. The Morgan fingerprint density at radius 1 is 1.33 bits per heavy atom. The second-order valence-electron chi connectivity index (χ2n) is 3.90. The highest BCUT2D eigenvalue weighted by Crippen LogP contribution is 2.35. The van der Waals surface area contributed by atoms with Gasteiger partial charge in [-0.25, -0.2) is 0 Å². The van der Waals surface area contributed by atoms with Crippen LogP contribution in [0.4, 0.5) is 0 Å². The van der Waals surface area contributed by atoms with E-state index in [1.54, 1.807) is 12.3 Å². The van der Waals surface area contributed by atoms with Crippen molar-refractivity contribution in [2.75, 3.05) is 33.4 Å². The van der Waals surface area contributed by atoms with Crippen LogP contribution in [-0.2, 0) is 4.74 Å². The fourth-order valence-electron chi connectivity index (χ4n) is 1.66. The molecule has 6 heteroatoms. The smallest absolute Gasteiger partial charge is 0.200 e. The van der Waals surface area contributed by atoms with Gasteiger partial charge in [-0.2, -0.15) is 5.10 Å². The first-order chi connectivity index (χ1) is 8.70. The Bertz CT molecular complexity index is 442. The Balaban J connectivity index is 2.13. The zero-order valence-corrected chi connectivity index (χ0v) is 10.2. The number of morpholine rings is 1. The Morgan fingerprint density at radius 3 is 2.72 bits per heavy atom. The van der Waals surface area contributed by atoms with Gasteiger partial charge in [-0.1, -0.05) is 0 Å². The molecule has 2 rings (SSSR count). The molecule has 1 heterocycles. The molecule has 1 aliphatic heterocycles. The number of rotatable bonds is 3. The van der Waals surface area contributed by atoms with E-state index in [9.17, 15) is 10.2 Å². The molecule has 18 heavy (non-hydrogen) atoms. The standard InChI is InChI=1S/C12H16N2O4/c1-17-11-7-9(6-10(15)12(11)16)8-13-14-2-4-18-5-3-14/h6-8,15-16H,2-5H2,1H3/b13-8+. The summed E-state index contributed by atoms with van der Waals surface area (Å²) in [5.41, 5.74) is 0.661. The van der Waals surface area contributed by atoms with Crippen LogP contribution in [0.2, 0.25) is 0 Å². The predicted octanol–water partition coefficient (Wildman–Crippen LogP) is 0.772. The number of benzene rings is 1. The van der Waals surface area contributed by atoms with Crippen LogP contribution >= 0.6 is 0 Å². The first kappa shape index (κ1) is 12.5. The molecule has 0 bridgehead atoms. The van der Waals surface area contributed by atoms with E-state index >= 15 is 0 Å². The summed E-state index contributed by atoms with van der Waals surface area (Å²) >= 11 is 0. The third-order valence-corrected chi connectivity index (χ3v) is 2.65. The minimum absolute atomic E-state index is 0.221. The lowest BCUT2D eigenvalue weighted by molar-refractivity contribution is 0.0397. The third-order valence-electron chi connectivity index (χ3n) is 2.65. The van der Waals surface area contributed by atoms with Crippen molar-refractivity contribution in [2.45, 2.75) is 0 Å². The van der Waals surface area contributed by atoms with E-state index in [0.29, 0.717) is 18.8 Å². The van der Waals surface area contributed by atoms with E-state index in [1.807, 2.05) is 5.01 Å². The number of hydrogen-bond donors (Lipinski definition) is 2. The van der Waals surface area contributed by atoms with Crippen molar-refractivity contribution in [3.05, 3.63) is 17.7 Å². The van der Waals surface area contributed by atoms with Crippen LogP contribution in [0.3, 0.4) is 0 Å². The molecule has 1 fully saturated rings. The topological polar surface area (TPSA) is 74.5 Å². The van der Waals surface area contributed by atoms with Crippen LogP contribution in [0.1, 0.15) is 5.56 Å². The van der Waals surface area contributed by atoms with Gasteiger partial charge in [-0.05, 0) is 12.1 Å². The Labute approximate surface area is 105 Å². The van der Waals surface area contributed by atoms with E-state index in [4.69, 9.17) is 9.47 Å².